The van der Waals surface area contributed by atoms with E-state index in [0.29, 0.717) is 19.3 Å². The largest absolute Gasteiger partial charge is 0.462 e. The van der Waals surface area contributed by atoms with Crippen LogP contribution in [0.4, 0.5) is 0 Å². The summed E-state index contributed by atoms with van der Waals surface area (Å²) in [5.41, 5.74) is 0. The second kappa shape index (κ2) is 67.0. The van der Waals surface area contributed by atoms with Crippen LogP contribution in [0.2, 0.25) is 0 Å². The van der Waals surface area contributed by atoms with Crippen molar-refractivity contribution in [3.05, 3.63) is 182 Å². The smallest absolute Gasteiger partial charge is 0.306 e. The molecule has 0 radical (unpaired) electrons. The number of carbonyl (C=O) groups is 3. The predicted molar refractivity (Wildman–Crippen MR) is 352 cm³/mol. The van der Waals surface area contributed by atoms with E-state index in [0.717, 1.165) is 180 Å². The Kier molecular flexibility index (Phi) is 62.5. The van der Waals surface area contributed by atoms with Crippen molar-refractivity contribution >= 4 is 17.9 Å². The summed E-state index contributed by atoms with van der Waals surface area (Å²) in [6.07, 6.45) is 100. The van der Waals surface area contributed by atoms with Crippen molar-refractivity contribution in [1.82, 2.24) is 0 Å². The Balaban J connectivity index is 4.49. The highest BCUT2D eigenvalue weighted by Gasteiger charge is 2.19. The second-order valence-electron chi connectivity index (χ2n) is 20.5. The Labute approximate surface area is 497 Å². The maximum absolute atomic E-state index is 12.9. The summed E-state index contributed by atoms with van der Waals surface area (Å²) in [5.74, 6) is -0.990. The molecule has 81 heavy (non-hydrogen) atoms. The molecule has 6 heteroatoms. The van der Waals surface area contributed by atoms with Gasteiger partial charge in [-0.3, -0.25) is 14.4 Å². The van der Waals surface area contributed by atoms with Gasteiger partial charge in [0, 0.05) is 19.3 Å². The molecule has 0 bridgehead atoms. The van der Waals surface area contributed by atoms with E-state index in [-0.39, 0.29) is 37.5 Å². The third-order valence-corrected chi connectivity index (χ3v) is 12.9. The summed E-state index contributed by atoms with van der Waals surface area (Å²) in [6, 6.07) is 0. The third-order valence-electron chi connectivity index (χ3n) is 12.9. The number of unbranched alkanes of at least 4 members (excludes halogenated alkanes) is 15. The standard InChI is InChI=1S/C75H116O6/c1-4-7-10-13-16-19-22-25-27-29-31-33-35-36-37-38-40-41-43-45-47-50-53-56-59-62-65-68-74(77)80-71-72(70-79-73(76)67-64-61-58-55-52-49-24-21-18-15-12-9-6-3)81-75(78)69-66-63-60-57-54-51-48-46-44-42-39-34-32-30-28-26-23-20-17-14-11-8-5-2/h7-8,10-12,15-17,19-21,24-28,31-34,36-37,40-42,44-45,47,53,56,72H,4-6,9,13-14,18,22-23,29-30,35,38-39,43,46,48-52,54-55,57-71H2,1-3H3/b10-7-,11-8-,15-12-,19-16-,20-17-,24-21-,27-25-,28-26-,33-31-,34-32-,37-36-,41-40-,44-42-,47-45-,56-53-. The number of ether oxygens (including phenoxy) is 3. The minimum atomic E-state index is -0.820. The molecule has 1 unspecified atom stereocenters. The molecule has 0 saturated heterocycles. The molecule has 0 aliphatic carbocycles. The molecule has 0 N–H and O–H groups in total. The SMILES string of the molecule is CC/C=C\C/C=C\C/C=C\C/C=C\C/C=C\C/C=C\C/C=C\C/C=C\CCCCC(=O)OCC(COC(=O)CCCCCCC/C=C\C/C=C\CCC)OC(=O)CCCCCCCCC/C=C\C/C=C\C/C=C\C/C=C\C/C=C\CC. The van der Waals surface area contributed by atoms with Crippen molar-refractivity contribution in [2.24, 2.45) is 0 Å². The highest BCUT2D eigenvalue weighted by Crippen LogP contribution is 2.14. The number of esters is 3. The molecule has 0 rings (SSSR count). The van der Waals surface area contributed by atoms with Gasteiger partial charge in [0.1, 0.15) is 13.2 Å². The molecule has 0 aliphatic rings. The van der Waals surface area contributed by atoms with E-state index in [4.69, 9.17) is 14.2 Å². The fraction of sp³-hybridized carbons (Fsp3) is 0.560. The van der Waals surface area contributed by atoms with Gasteiger partial charge in [-0.2, -0.15) is 0 Å². The van der Waals surface area contributed by atoms with E-state index in [2.05, 4.69) is 203 Å². The average molecular weight is 1110 g/mol. The van der Waals surface area contributed by atoms with Crippen molar-refractivity contribution in [3.63, 3.8) is 0 Å². The van der Waals surface area contributed by atoms with Crippen molar-refractivity contribution in [2.75, 3.05) is 13.2 Å². The molecule has 0 saturated carbocycles. The number of carbonyl (C=O) groups excluding carboxylic acids is 3. The lowest BCUT2D eigenvalue weighted by Gasteiger charge is -2.18. The van der Waals surface area contributed by atoms with Gasteiger partial charge in [0.25, 0.3) is 0 Å². The molecule has 452 valence electrons. The highest BCUT2D eigenvalue weighted by molar-refractivity contribution is 5.71. The zero-order valence-corrected chi connectivity index (χ0v) is 51.7. The topological polar surface area (TPSA) is 78.9 Å². The van der Waals surface area contributed by atoms with E-state index < -0.39 is 6.10 Å². The Morgan fingerprint density at radius 2 is 0.481 bits per heavy atom. The number of hydrogen-bond donors (Lipinski definition) is 0. The van der Waals surface area contributed by atoms with E-state index in [1.54, 1.807) is 0 Å². The van der Waals surface area contributed by atoms with Crippen LogP contribution in [0.3, 0.4) is 0 Å². The molecule has 0 aromatic rings. The van der Waals surface area contributed by atoms with Crippen molar-refractivity contribution in [2.45, 2.75) is 258 Å². The Morgan fingerprint density at radius 1 is 0.259 bits per heavy atom. The number of rotatable bonds is 56. The van der Waals surface area contributed by atoms with Crippen LogP contribution in [0.5, 0.6) is 0 Å². The van der Waals surface area contributed by atoms with E-state index in [9.17, 15) is 14.4 Å². The molecule has 6 nitrogen and oxygen atoms in total. The van der Waals surface area contributed by atoms with E-state index >= 15 is 0 Å². The van der Waals surface area contributed by atoms with Gasteiger partial charge in [0.2, 0.25) is 0 Å². The van der Waals surface area contributed by atoms with Crippen LogP contribution in [0.1, 0.15) is 252 Å². The predicted octanol–water partition coefficient (Wildman–Crippen LogP) is 22.4. The monoisotopic (exact) mass is 1110 g/mol. The van der Waals surface area contributed by atoms with Crippen LogP contribution in [-0.4, -0.2) is 37.2 Å². The van der Waals surface area contributed by atoms with Gasteiger partial charge in [0.05, 0.1) is 0 Å². The molecule has 0 spiro atoms. The van der Waals surface area contributed by atoms with Crippen molar-refractivity contribution in [3.8, 4) is 0 Å². The van der Waals surface area contributed by atoms with Gasteiger partial charge in [-0.1, -0.05) is 261 Å². The quantitative estimate of drug-likeness (QED) is 0.0261. The van der Waals surface area contributed by atoms with Crippen LogP contribution in [0.15, 0.2) is 182 Å². The zero-order chi connectivity index (χ0) is 58.5. The second-order valence-corrected chi connectivity index (χ2v) is 20.5. The van der Waals surface area contributed by atoms with Crippen LogP contribution in [0, 0.1) is 0 Å². The van der Waals surface area contributed by atoms with Crippen LogP contribution in [-0.2, 0) is 28.6 Å². The normalized spacial score (nSPS) is 13.4. The molecule has 0 aromatic heterocycles. The zero-order valence-electron chi connectivity index (χ0n) is 51.7. The van der Waals surface area contributed by atoms with Gasteiger partial charge in [-0.25, -0.2) is 0 Å². The third kappa shape index (κ3) is 65.2. The Morgan fingerprint density at radius 3 is 0.778 bits per heavy atom. The Bertz CT molecular complexity index is 1900. The summed E-state index contributed by atoms with van der Waals surface area (Å²) in [6.45, 7) is 6.28. The lowest BCUT2D eigenvalue weighted by molar-refractivity contribution is -0.167. The number of allylic oxidation sites excluding steroid dienone is 30. The molecule has 0 aliphatic heterocycles. The first-order valence-corrected chi connectivity index (χ1v) is 32.3. The lowest BCUT2D eigenvalue weighted by atomic mass is 10.1. The first-order chi connectivity index (χ1) is 40.0. The van der Waals surface area contributed by atoms with Crippen LogP contribution in [0.25, 0.3) is 0 Å². The van der Waals surface area contributed by atoms with Crippen LogP contribution >= 0.6 is 0 Å². The van der Waals surface area contributed by atoms with Gasteiger partial charge in [-0.15, -0.1) is 0 Å². The molecule has 0 heterocycles. The summed E-state index contributed by atoms with van der Waals surface area (Å²) < 4.78 is 16.9. The fourth-order valence-electron chi connectivity index (χ4n) is 8.11. The molecular weight excluding hydrogens is 997 g/mol. The van der Waals surface area contributed by atoms with Crippen LogP contribution < -0.4 is 0 Å². The van der Waals surface area contributed by atoms with Crippen molar-refractivity contribution < 1.29 is 28.6 Å². The molecule has 0 fully saturated rings. The number of hydrogen-bond acceptors (Lipinski definition) is 6. The molecule has 0 aromatic carbocycles. The van der Waals surface area contributed by atoms with Crippen molar-refractivity contribution in [1.29, 1.82) is 0 Å². The fourth-order valence-corrected chi connectivity index (χ4v) is 8.11. The maximum atomic E-state index is 12.9. The van der Waals surface area contributed by atoms with Gasteiger partial charge in [-0.05, 0) is 154 Å². The molecule has 1 atom stereocenters. The Hall–Kier alpha value is -5.49. The summed E-state index contributed by atoms with van der Waals surface area (Å²) in [4.78, 5) is 38.3. The molecule has 0 amide bonds. The van der Waals surface area contributed by atoms with E-state index in [1.165, 1.54) is 25.7 Å². The van der Waals surface area contributed by atoms with Gasteiger partial charge < -0.3 is 14.2 Å². The lowest BCUT2D eigenvalue weighted by Crippen LogP contribution is -2.30. The molecular formula is C75H116O6. The summed E-state index contributed by atoms with van der Waals surface area (Å²) >= 11 is 0. The van der Waals surface area contributed by atoms with E-state index in [1.807, 2.05) is 0 Å². The minimum Gasteiger partial charge on any atom is -0.462 e. The van der Waals surface area contributed by atoms with Gasteiger partial charge >= 0.3 is 17.9 Å². The first-order valence-electron chi connectivity index (χ1n) is 32.3. The minimum absolute atomic E-state index is 0.113. The highest BCUT2D eigenvalue weighted by atomic mass is 16.6. The van der Waals surface area contributed by atoms with Gasteiger partial charge in [0.15, 0.2) is 6.10 Å². The summed E-state index contributed by atoms with van der Waals surface area (Å²) in [7, 11) is 0. The summed E-state index contributed by atoms with van der Waals surface area (Å²) in [5, 5.41) is 0. The maximum Gasteiger partial charge on any atom is 0.306 e. The average Bonchev–Trinajstić information content (AvgIpc) is 3.46. The first kappa shape index (κ1) is 75.5.